The Morgan fingerprint density at radius 2 is 2.06 bits per heavy atom. The Morgan fingerprint density at radius 3 is 2.50 bits per heavy atom. The average molecular weight is 328 g/mol. The molecule has 11 heteroatoms. The average Bonchev–Trinajstić information content (AvgIpc) is 2.18. The first-order valence-electron chi connectivity index (χ1n) is 3.88. The SMILES string of the molecule is O=C(C[S+]=S(=O)([O-])[O-])Nc1ccc(Cl)nc1.[Na+].[Na+]. The molecule has 0 unspecified atom stereocenters. The summed E-state index contributed by atoms with van der Waals surface area (Å²) in [5.41, 5.74) is 0.373. The Morgan fingerprint density at radius 1 is 1.44 bits per heavy atom. The van der Waals surface area contributed by atoms with E-state index in [1.807, 2.05) is 0 Å². The van der Waals surface area contributed by atoms with Gasteiger partial charge >= 0.3 is 59.1 Å². The van der Waals surface area contributed by atoms with Crippen molar-refractivity contribution < 1.29 is 77.2 Å². The molecule has 18 heavy (non-hydrogen) atoms. The van der Waals surface area contributed by atoms with E-state index >= 15 is 0 Å². The molecule has 1 aromatic rings. The molecule has 88 valence electrons. The van der Waals surface area contributed by atoms with E-state index in [4.69, 9.17) is 11.6 Å². The summed E-state index contributed by atoms with van der Waals surface area (Å²) in [7, 11) is -4.43. The number of rotatable bonds is 3. The molecular weight excluding hydrogens is 322 g/mol. The van der Waals surface area contributed by atoms with Crippen LogP contribution in [0.2, 0.25) is 5.15 Å². The molecule has 1 aromatic heterocycles. The van der Waals surface area contributed by atoms with Crippen LogP contribution in [-0.4, -0.2) is 30.0 Å². The van der Waals surface area contributed by atoms with Gasteiger partial charge in [0, 0.05) is 0 Å². The number of anilines is 1. The molecule has 6 nitrogen and oxygen atoms in total. The predicted octanol–water partition coefficient (Wildman–Crippen LogP) is -5.78. The van der Waals surface area contributed by atoms with E-state index < -0.39 is 20.7 Å². The Kier molecular flexibility index (Phi) is 11.9. The van der Waals surface area contributed by atoms with Crippen LogP contribution in [-0.2, 0) is 24.2 Å². The summed E-state index contributed by atoms with van der Waals surface area (Å²) in [6, 6.07) is 2.97. The predicted molar refractivity (Wildman–Crippen MR) is 59.8 cm³/mol. The zero-order valence-corrected chi connectivity index (χ0v) is 16.1. The Labute approximate surface area is 157 Å². The van der Waals surface area contributed by atoms with Gasteiger partial charge in [0.1, 0.15) is 5.15 Å². The van der Waals surface area contributed by atoms with Gasteiger partial charge in [-0.1, -0.05) is 11.6 Å². The molecule has 1 amide bonds. The van der Waals surface area contributed by atoms with Gasteiger partial charge < -0.3 is 14.4 Å². The molecule has 0 spiro atoms. The second-order valence-electron chi connectivity index (χ2n) is 2.59. The largest absolute Gasteiger partial charge is 1.00 e. The van der Waals surface area contributed by atoms with Crippen LogP contribution < -0.4 is 64.4 Å². The van der Waals surface area contributed by atoms with Crippen LogP contribution in [0.1, 0.15) is 0 Å². The third kappa shape index (κ3) is 10.0. The van der Waals surface area contributed by atoms with E-state index in [-0.39, 0.29) is 74.6 Å². The van der Waals surface area contributed by atoms with Gasteiger partial charge in [0.15, 0.2) is 0 Å². The van der Waals surface area contributed by atoms with Crippen LogP contribution in [0.25, 0.3) is 0 Å². The maximum atomic E-state index is 11.1. The standard InChI is InChI=1S/C7H7ClN2O4S2.2Na/c8-6-2-1-5(3-9-6)10-7(11)4-15-16(12,13)14;;/h1-3H,4H2,(H2-,10,11,12,13,14);;/q;2*+1/p-1. The molecule has 0 aliphatic carbocycles. The molecule has 0 saturated heterocycles. The minimum atomic E-state index is -4.45. The number of nitrogens with one attached hydrogen (secondary N) is 1. The van der Waals surface area contributed by atoms with Crippen LogP contribution in [0, 0.1) is 0 Å². The molecule has 0 radical (unpaired) electrons. The van der Waals surface area contributed by atoms with E-state index in [1.54, 1.807) is 0 Å². The summed E-state index contributed by atoms with van der Waals surface area (Å²) in [6.07, 6.45) is 1.32. The third-order valence-electron chi connectivity index (χ3n) is 1.35. The normalized spacial score (nSPS) is 9.72. The number of amides is 1. The van der Waals surface area contributed by atoms with Crippen molar-refractivity contribution in [2.45, 2.75) is 0 Å². The van der Waals surface area contributed by atoms with Crippen molar-refractivity contribution in [3.63, 3.8) is 0 Å². The minimum Gasteiger partial charge on any atom is -0.746 e. The molecule has 1 rings (SSSR count). The number of hydrogen-bond acceptors (Lipinski definition) is 5. The molecular formula is C7H6ClN2Na2O4S2+. The number of halogens is 1. The van der Waals surface area contributed by atoms with Gasteiger partial charge in [-0.3, -0.25) is 4.79 Å². The van der Waals surface area contributed by atoms with Crippen molar-refractivity contribution in [2.24, 2.45) is 0 Å². The zero-order valence-electron chi connectivity index (χ0n) is 9.71. The molecule has 0 fully saturated rings. The fourth-order valence-electron chi connectivity index (χ4n) is 0.773. The number of carbonyl (C=O) groups is 1. The smallest absolute Gasteiger partial charge is 0.746 e. The number of carbonyl (C=O) groups excluding carboxylic acids is 1. The maximum absolute atomic E-state index is 11.1. The second kappa shape index (κ2) is 10.0. The fourth-order valence-corrected chi connectivity index (χ4v) is 1.96. The molecule has 1 heterocycles. The Bertz CT molecular complexity index is 497. The van der Waals surface area contributed by atoms with Crippen LogP contribution in [0.5, 0.6) is 0 Å². The van der Waals surface area contributed by atoms with Crippen molar-refractivity contribution >= 4 is 42.6 Å². The van der Waals surface area contributed by atoms with Crippen LogP contribution in [0.4, 0.5) is 5.69 Å². The first-order chi connectivity index (χ1) is 7.37. The molecule has 0 aromatic carbocycles. The summed E-state index contributed by atoms with van der Waals surface area (Å²) in [5, 5.41) is 2.63. The van der Waals surface area contributed by atoms with Crippen LogP contribution >= 0.6 is 11.6 Å². The molecule has 0 bridgehead atoms. The monoisotopic (exact) mass is 327 g/mol. The van der Waals surface area contributed by atoms with Gasteiger partial charge in [-0.2, -0.15) is 0 Å². The van der Waals surface area contributed by atoms with E-state index in [9.17, 15) is 18.1 Å². The zero-order chi connectivity index (χ0) is 12.2. The summed E-state index contributed by atoms with van der Waals surface area (Å²) in [4.78, 5) is 14.9. The van der Waals surface area contributed by atoms with Crippen molar-refractivity contribution in [3.05, 3.63) is 23.5 Å². The Hall–Kier alpha value is 1.20. The molecule has 0 atom stereocenters. The van der Waals surface area contributed by atoms with E-state index in [1.165, 1.54) is 18.3 Å². The third-order valence-corrected chi connectivity index (χ3v) is 3.46. The number of pyridine rings is 1. The second-order valence-corrected chi connectivity index (χ2v) is 6.25. The molecule has 0 aliphatic heterocycles. The van der Waals surface area contributed by atoms with E-state index in [0.29, 0.717) is 5.69 Å². The van der Waals surface area contributed by atoms with Gasteiger partial charge in [-0.25, -0.2) is 9.19 Å². The van der Waals surface area contributed by atoms with Crippen LogP contribution in [0.3, 0.4) is 0 Å². The van der Waals surface area contributed by atoms with Gasteiger partial charge in [0.05, 0.1) is 20.9 Å². The van der Waals surface area contributed by atoms with Gasteiger partial charge in [0.25, 0.3) is 11.7 Å². The van der Waals surface area contributed by atoms with Gasteiger partial charge in [0.2, 0.25) is 10.3 Å². The van der Waals surface area contributed by atoms with Crippen LogP contribution in [0.15, 0.2) is 18.3 Å². The first-order valence-corrected chi connectivity index (χ1v) is 7.17. The van der Waals surface area contributed by atoms with Gasteiger partial charge in [-0.05, 0) is 12.1 Å². The molecule has 0 aliphatic rings. The van der Waals surface area contributed by atoms with Gasteiger partial charge in [-0.15, -0.1) is 0 Å². The van der Waals surface area contributed by atoms with Crippen molar-refractivity contribution in [1.29, 1.82) is 0 Å². The fraction of sp³-hybridized carbons (Fsp3) is 0.143. The van der Waals surface area contributed by atoms with Crippen molar-refractivity contribution in [2.75, 3.05) is 11.1 Å². The Balaban J connectivity index is 0. The maximum Gasteiger partial charge on any atom is 1.00 e. The number of nitrogens with zero attached hydrogens (tertiary/aromatic N) is 1. The summed E-state index contributed by atoms with van der Waals surface area (Å²) < 4.78 is 30.7. The quantitative estimate of drug-likeness (QED) is 0.338. The first kappa shape index (κ1) is 21.5. The summed E-state index contributed by atoms with van der Waals surface area (Å²) in [6.45, 7) is 0. The van der Waals surface area contributed by atoms with E-state index in [0.717, 1.165) is 0 Å². The number of hydrogen-bond donors (Lipinski definition) is 1. The van der Waals surface area contributed by atoms with E-state index in [2.05, 4.69) is 10.3 Å². The van der Waals surface area contributed by atoms with Crippen molar-refractivity contribution in [1.82, 2.24) is 4.98 Å². The summed E-state index contributed by atoms with van der Waals surface area (Å²) >= 11 is 5.52. The van der Waals surface area contributed by atoms with Crippen molar-refractivity contribution in [3.8, 4) is 0 Å². The molecule has 1 N–H and O–H groups in total. The number of aromatic nitrogens is 1. The molecule has 0 saturated carbocycles. The summed E-state index contributed by atoms with van der Waals surface area (Å²) in [5.74, 6) is -1.07. The minimum absolute atomic E-state index is 0. The topological polar surface area (TPSA) is 105 Å².